The molecule has 1 atom stereocenters. The first kappa shape index (κ1) is 12.2. The van der Waals surface area contributed by atoms with Crippen molar-refractivity contribution in [2.45, 2.75) is 25.1 Å². The van der Waals surface area contributed by atoms with E-state index in [9.17, 15) is 13.2 Å². The number of nitrogens with zero attached hydrogens (tertiary/aromatic N) is 1. The van der Waals surface area contributed by atoms with Crippen molar-refractivity contribution < 1.29 is 13.2 Å². The van der Waals surface area contributed by atoms with Crippen LogP contribution >= 0.6 is 0 Å². The van der Waals surface area contributed by atoms with Gasteiger partial charge in [0.1, 0.15) is 11.5 Å². The van der Waals surface area contributed by atoms with Crippen molar-refractivity contribution in [2.75, 3.05) is 11.9 Å². The maximum absolute atomic E-state index is 12.4. The van der Waals surface area contributed by atoms with Gasteiger partial charge in [-0.3, -0.25) is 0 Å². The van der Waals surface area contributed by atoms with Crippen molar-refractivity contribution in [3.05, 3.63) is 23.9 Å². The molecule has 0 bridgehead atoms. The molecule has 0 aromatic carbocycles. The summed E-state index contributed by atoms with van der Waals surface area (Å²) >= 11 is 0. The van der Waals surface area contributed by atoms with Gasteiger partial charge < -0.3 is 11.1 Å². The summed E-state index contributed by atoms with van der Waals surface area (Å²) < 4.78 is 37.2. The highest BCUT2D eigenvalue weighted by Crippen LogP contribution is 2.31. The first-order valence-corrected chi connectivity index (χ1v) is 5.50. The van der Waals surface area contributed by atoms with Crippen molar-refractivity contribution in [1.82, 2.24) is 4.98 Å². The Bertz CT molecular complexity index is 388. The zero-order valence-corrected chi connectivity index (χ0v) is 9.17. The minimum Gasteiger partial charge on any atom is -0.368 e. The number of aromatic nitrogens is 1. The van der Waals surface area contributed by atoms with Gasteiger partial charge in [0, 0.05) is 12.6 Å². The summed E-state index contributed by atoms with van der Waals surface area (Å²) in [6.07, 6.45) is -2.19. The Balaban J connectivity index is 1.96. The second-order valence-corrected chi connectivity index (χ2v) is 4.29. The summed E-state index contributed by atoms with van der Waals surface area (Å²) in [5.41, 5.74) is 4.95. The largest absolute Gasteiger partial charge is 0.433 e. The van der Waals surface area contributed by atoms with Crippen LogP contribution in [0.5, 0.6) is 0 Å². The fraction of sp³-hybridized carbons (Fsp3) is 0.545. The van der Waals surface area contributed by atoms with Crippen molar-refractivity contribution in [1.29, 1.82) is 0 Å². The number of nitrogens with two attached hydrogens (primary N) is 1. The number of hydrogen-bond donors (Lipinski definition) is 2. The van der Waals surface area contributed by atoms with Gasteiger partial charge in [-0.1, -0.05) is 6.07 Å². The molecule has 3 N–H and O–H groups in total. The highest BCUT2D eigenvalue weighted by molar-refractivity contribution is 5.36. The van der Waals surface area contributed by atoms with Crippen molar-refractivity contribution in [3.63, 3.8) is 0 Å². The second-order valence-electron chi connectivity index (χ2n) is 4.29. The van der Waals surface area contributed by atoms with Crippen LogP contribution in [-0.2, 0) is 6.18 Å². The summed E-state index contributed by atoms with van der Waals surface area (Å²) in [7, 11) is 0. The average molecular weight is 245 g/mol. The van der Waals surface area contributed by atoms with Crippen LogP contribution in [-0.4, -0.2) is 17.6 Å². The minimum absolute atomic E-state index is 0.00802. The first-order chi connectivity index (χ1) is 7.97. The summed E-state index contributed by atoms with van der Waals surface area (Å²) in [5, 5.41) is 2.84. The Hall–Kier alpha value is -1.30. The topological polar surface area (TPSA) is 50.9 Å². The molecule has 0 amide bonds. The minimum atomic E-state index is -4.41. The number of anilines is 1. The summed E-state index contributed by atoms with van der Waals surface area (Å²) in [5.74, 6) is 0.726. The predicted octanol–water partition coefficient (Wildman–Crippen LogP) is 2.25. The lowest BCUT2D eigenvalue weighted by molar-refractivity contribution is -0.141. The van der Waals surface area contributed by atoms with E-state index in [-0.39, 0.29) is 11.9 Å². The monoisotopic (exact) mass is 245 g/mol. The fourth-order valence-electron chi connectivity index (χ4n) is 1.60. The van der Waals surface area contributed by atoms with E-state index in [1.165, 1.54) is 12.1 Å². The van der Waals surface area contributed by atoms with E-state index in [0.29, 0.717) is 12.5 Å². The third-order valence-corrected chi connectivity index (χ3v) is 2.79. The summed E-state index contributed by atoms with van der Waals surface area (Å²) in [6, 6.07) is 3.79. The predicted molar refractivity (Wildman–Crippen MR) is 58.4 cm³/mol. The standard InChI is InChI=1S/C11H14F3N3/c12-11(13,14)9-2-1-3-10(17-9)16-6-8(15)7-4-5-7/h1-3,7-8H,4-6,15H2,(H,16,17). The zero-order valence-electron chi connectivity index (χ0n) is 9.17. The molecular weight excluding hydrogens is 231 g/mol. The third kappa shape index (κ3) is 3.33. The molecule has 94 valence electrons. The zero-order chi connectivity index (χ0) is 12.5. The molecule has 1 unspecified atom stereocenters. The Morgan fingerprint density at radius 1 is 1.41 bits per heavy atom. The van der Waals surface area contributed by atoms with Crippen LogP contribution in [0, 0.1) is 5.92 Å². The van der Waals surface area contributed by atoms with Crippen LogP contribution in [0.1, 0.15) is 18.5 Å². The molecule has 0 spiro atoms. The number of halogens is 3. The lowest BCUT2D eigenvalue weighted by Crippen LogP contribution is -2.31. The second kappa shape index (κ2) is 4.52. The molecule has 1 aliphatic rings. The van der Waals surface area contributed by atoms with E-state index in [0.717, 1.165) is 18.9 Å². The first-order valence-electron chi connectivity index (χ1n) is 5.50. The van der Waals surface area contributed by atoms with E-state index in [2.05, 4.69) is 10.3 Å². The molecule has 1 aliphatic carbocycles. The molecule has 3 nitrogen and oxygen atoms in total. The summed E-state index contributed by atoms with van der Waals surface area (Å²) in [6.45, 7) is 0.457. The molecule has 1 aromatic rings. The van der Waals surface area contributed by atoms with E-state index in [4.69, 9.17) is 5.73 Å². The van der Waals surface area contributed by atoms with Crippen molar-refractivity contribution in [3.8, 4) is 0 Å². The van der Waals surface area contributed by atoms with Crippen LogP contribution < -0.4 is 11.1 Å². The molecule has 0 saturated heterocycles. The van der Waals surface area contributed by atoms with Gasteiger partial charge in [0.15, 0.2) is 0 Å². The van der Waals surface area contributed by atoms with E-state index < -0.39 is 11.9 Å². The summed E-state index contributed by atoms with van der Waals surface area (Å²) in [4.78, 5) is 3.50. The van der Waals surface area contributed by atoms with Crippen LogP contribution in [0.15, 0.2) is 18.2 Å². The van der Waals surface area contributed by atoms with Crippen LogP contribution in [0.2, 0.25) is 0 Å². The quantitative estimate of drug-likeness (QED) is 0.855. The highest BCUT2D eigenvalue weighted by atomic mass is 19.4. The molecular formula is C11H14F3N3. The molecule has 1 fully saturated rings. The smallest absolute Gasteiger partial charge is 0.368 e. The molecule has 17 heavy (non-hydrogen) atoms. The molecule has 1 saturated carbocycles. The van der Waals surface area contributed by atoms with Gasteiger partial charge in [-0.25, -0.2) is 4.98 Å². The molecule has 0 aliphatic heterocycles. The lowest BCUT2D eigenvalue weighted by atomic mass is 10.2. The third-order valence-electron chi connectivity index (χ3n) is 2.79. The van der Waals surface area contributed by atoms with E-state index in [1.807, 2.05) is 0 Å². The molecule has 6 heteroatoms. The number of nitrogens with one attached hydrogen (secondary N) is 1. The number of hydrogen-bond acceptors (Lipinski definition) is 3. The number of rotatable bonds is 4. The van der Waals surface area contributed by atoms with E-state index in [1.54, 1.807) is 0 Å². The average Bonchev–Trinajstić information content (AvgIpc) is 3.09. The highest BCUT2D eigenvalue weighted by Gasteiger charge is 2.32. The molecule has 2 rings (SSSR count). The Morgan fingerprint density at radius 3 is 2.71 bits per heavy atom. The molecule has 0 radical (unpaired) electrons. The van der Waals surface area contributed by atoms with Gasteiger partial charge >= 0.3 is 6.18 Å². The Kier molecular flexibility index (Phi) is 3.24. The SMILES string of the molecule is NC(CNc1cccc(C(F)(F)F)n1)C1CC1. The Labute approximate surface area is 97.2 Å². The van der Waals surface area contributed by atoms with Crippen LogP contribution in [0.3, 0.4) is 0 Å². The van der Waals surface area contributed by atoms with Crippen LogP contribution in [0.25, 0.3) is 0 Å². The van der Waals surface area contributed by atoms with E-state index >= 15 is 0 Å². The van der Waals surface area contributed by atoms with Crippen molar-refractivity contribution >= 4 is 5.82 Å². The Morgan fingerprint density at radius 2 is 2.12 bits per heavy atom. The molecule has 1 heterocycles. The number of alkyl halides is 3. The van der Waals surface area contributed by atoms with Gasteiger partial charge in [-0.15, -0.1) is 0 Å². The van der Waals surface area contributed by atoms with Gasteiger partial charge in [0.05, 0.1) is 0 Å². The number of pyridine rings is 1. The van der Waals surface area contributed by atoms with Gasteiger partial charge in [0.2, 0.25) is 0 Å². The molecule has 1 aromatic heterocycles. The fourth-order valence-corrected chi connectivity index (χ4v) is 1.60. The maximum Gasteiger partial charge on any atom is 0.433 e. The van der Waals surface area contributed by atoms with Crippen molar-refractivity contribution in [2.24, 2.45) is 11.7 Å². The van der Waals surface area contributed by atoms with Crippen LogP contribution in [0.4, 0.5) is 19.0 Å². The van der Waals surface area contributed by atoms with Gasteiger partial charge in [-0.2, -0.15) is 13.2 Å². The normalized spacial score (nSPS) is 17.9. The van der Waals surface area contributed by atoms with Gasteiger partial charge in [-0.05, 0) is 30.9 Å². The lowest BCUT2D eigenvalue weighted by Gasteiger charge is -2.13. The maximum atomic E-state index is 12.4. The van der Waals surface area contributed by atoms with Gasteiger partial charge in [0.25, 0.3) is 0 Å².